The molecule has 0 amide bonds. The summed E-state index contributed by atoms with van der Waals surface area (Å²) in [6.45, 7) is 3.30. The molecule has 0 heterocycles. The highest BCUT2D eigenvalue weighted by atomic mass is 35.5. The molecule has 0 aliphatic rings. The third-order valence-corrected chi connectivity index (χ3v) is 3.18. The van der Waals surface area contributed by atoms with Crippen LogP contribution in [0, 0.1) is 12.8 Å². The lowest BCUT2D eigenvalue weighted by molar-refractivity contribution is 0.186. The molecule has 17 heavy (non-hydrogen) atoms. The molecule has 0 radical (unpaired) electrons. The lowest BCUT2D eigenvalue weighted by Gasteiger charge is -2.13. The van der Waals surface area contributed by atoms with Crippen molar-refractivity contribution in [2.45, 2.75) is 19.8 Å². The Morgan fingerprint density at radius 3 is 2.76 bits per heavy atom. The number of aliphatic hydroxyl groups is 1. The Hall–Kier alpha value is -0.770. The highest BCUT2D eigenvalue weighted by Gasteiger charge is 2.06. The predicted octanol–water partition coefficient (Wildman–Crippen LogP) is 2.37. The van der Waals surface area contributed by atoms with Crippen LogP contribution in [0.2, 0.25) is 5.02 Å². The highest BCUT2D eigenvalue weighted by Crippen LogP contribution is 2.21. The Labute approximate surface area is 108 Å². The number of nitrogens with two attached hydrogens (primary N) is 1. The Morgan fingerprint density at radius 1 is 1.41 bits per heavy atom. The van der Waals surface area contributed by atoms with Crippen molar-refractivity contribution in [2.24, 2.45) is 11.7 Å². The molecule has 0 aliphatic carbocycles. The van der Waals surface area contributed by atoms with Crippen molar-refractivity contribution in [3.63, 3.8) is 0 Å². The first-order valence-electron chi connectivity index (χ1n) is 5.87. The maximum Gasteiger partial charge on any atom is 0.119 e. The maximum atomic E-state index is 9.11. The molecule has 0 saturated heterocycles. The van der Waals surface area contributed by atoms with E-state index in [0.717, 1.165) is 29.2 Å². The fraction of sp³-hybridized carbons (Fsp3) is 0.538. The minimum atomic E-state index is 0.167. The lowest BCUT2D eigenvalue weighted by Crippen LogP contribution is -2.15. The third-order valence-electron chi connectivity index (χ3n) is 2.76. The number of rotatable bonds is 7. The summed E-state index contributed by atoms with van der Waals surface area (Å²) in [5.41, 5.74) is 6.46. The van der Waals surface area contributed by atoms with E-state index in [-0.39, 0.29) is 12.5 Å². The Kier molecular flexibility index (Phi) is 6.34. The summed E-state index contributed by atoms with van der Waals surface area (Å²) in [6, 6.07) is 5.60. The smallest absolute Gasteiger partial charge is 0.119 e. The molecule has 3 N–H and O–H groups in total. The SMILES string of the molecule is Cc1cc(OCC[C@H](CO)CCN)ccc1Cl. The van der Waals surface area contributed by atoms with Crippen LogP contribution in [-0.2, 0) is 0 Å². The highest BCUT2D eigenvalue weighted by molar-refractivity contribution is 6.31. The predicted molar refractivity (Wildman–Crippen MR) is 70.5 cm³/mol. The first-order valence-corrected chi connectivity index (χ1v) is 6.25. The van der Waals surface area contributed by atoms with E-state index in [4.69, 9.17) is 27.2 Å². The molecular formula is C13H20ClNO2. The summed E-state index contributed by atoms with van der Waals surface area (Å²) in [5, 5.41) is 9.85. The van der Waals surface area contributed by atoms with Gasteiger partial charge < -0.3 is 15.6 Å². The van der Waals surface area contributed by atoms with Crippen molar-refractivity contribution in [1.29, 1.82) is 0 Å². The van der Waals surface area contributed by atoms with Crippen molar-refractivity contribution < 1.29 is 9.84 Å². The minimum Gasteiger partial charge on any atom is -0.494 e. The van der Waals surface area contributed by atoms with E-state index < -0.39 is 0 Å². The molecule has 0 spiro atoms. The van der Waals surface area contributed by atoms with Gasteiger partial charge in [0, 0.05) is 11.6 Å². The Balaban J connectivity index is 2.37. The monoisotopic (exact) mass is 257 g/mol. The van der Waals surface area contributed by atoms with Crippen LogP contribution >= 0.6 is 11.6 Å². The Morgan fingerprint density at radius 2 is 2.18 bits per heavy atom. The largest absolute Gasteiger partial charge is 0.494 e. The van der Waals surface area contributed by atoms with Crippen molar-refractivity contribution in [2.75, 3.05) is 19.8 Å². The summed E-state index contributed by atoms with van der Waals surface area (Å²) in [6.07, 6.45) is 1.65. The van der Waals surface area contributed by atoms with Gasteiger partial charge in [-0.2, -0.15) is 0 Å². The van der Waals surface area contributed by atoms with Gasteiger partial charge in [0.05, 0.1) is 6.61 Å². The van der Waals surface area contributed by atoms with E-state index in [9.17, 15) is 0 Å². The van der Waals surface area contributed by atoms with Crippen LogP contribution in [0.3, 0.4) is 0 Å². The minimum absolute atomic E-state index is 0.167. The van der Waals surface area contributed by atoms with Crippen LogP contribution in [0.25, 0.3) is 0 Å². The van der Waals surface area contributed by atoms with Crippen LogP contribution in [0.5, 0.6) is 5.75 Å². The summed E-state index contributed by atoms with van der Waals surface area (Å²) in [4.78, 5) is 0. The fourth-order valence-corrected chi connectivity index (χ4v) is 1.73. The van der Waals surface area contributed by atoms with E-state index >= 15 is 0 Å². The second-order valence-electron chi connectivity index (χ2n) is 4.17. The molecule has 3 nitrogen and oxygen atoms in total. The molecule has 0 unspecified atom stereocenters. The average molecular weight is 258 g/mol. The molecule has 1 rings (SSSR count). The lowest BCUT2D eigenvalue weighted by atomic mass is 10.0. The van der Waals surface area contributed by atoms with Gasteiger partial charge in [-0.3, -0.25) is 0 Å². The Bertz CT molecular complexity index is 344. The van der Waals surface area contributed by atoms with E-state index in [2.05, 4.69) is 0 Å². The molecule has 1 aromatic carbocycles. The number of hydrogen-bond donors (Lipinski definition) is 2. The number of ether oxygens (including phenoxy) is 1. The van der Waals surface area contributed by atoms with E-state index in [1.165, 1.54) is 0 Å². The standard InChI is InChI=1S/C13H20ClNO2/c1-10-8-12(2-3-13(10)14)17-7-5-11(9-16)4-6-15/h2-3,8,11,16H,4-7,9,15H2,1H3/t11-/m1/s1. The van der Waals surface area contributed by atoms with E-state index in [1.54, 1.807) is 0 Å². The molecule has 1 atom stereocenters. The number of halogens is 1. The molecule has 0 aliphatic heterocycles. The third kappa shape index (κ3) is 4.94. The normalized spacial score (nSPS) is 12.5. The summed E-state index contributed by atoms with van der Waals surface area (Å²) in [5.74, 6) is 1.05. The van der Waals surface area contributed by atoms with Gasteiger partial charge in [0.1, 0.15) is 5.75 Å². The number of aliphatic hydroxyl groups excluding tert-OH is 1. The number of aryl methyl sites for hydroxylation is 1. The average Bonchev–Trinajstić information content (AvgIpc) is 2.32. The van der Waals surface area contributed by atoms with Crippen LogP contribution in [0.1, 0.15) is 18.4 Å². The molecule has 0 bridgehead atoms. The van der Waals surface area contributed by atoms with Gasteiger partial charge in [0.25, 0.3) is 0 Å². The second-order valence-corrected chi connectivity index (χ2v) is 4.58. The van der Waals surface area contributed by atoms with Crippen LogP contribution in [0.15, 0.2) is 18.2 Å². The van der Waals surface area contributed by atoms with Crippen molar-refractivity contribution in [3.8, 4) is 5.75 Å². The molecule has 4 heteroatoms. The van der Waals surface area contributed by atoms with Gasteiger partial charge in [-0.05, 0) is 56.0 Å². The molecule has 0 fully saturated rings. The topological polar surface area (TPSA) is 55.5 Å². The molecule has 1 aromatic rings. The van der Waals surface area contributed by atoms with Gasteiger partial charge in [-0.1, -0.05) is 11.6 Å². The molecule has 0 aromatic heterocycles. The zero-order valence-corrected chi connectivity index (χ0v) is 10.9. The molecule has 96 valence electrons. The maximum absolute atomic E-state index is 9.11. The second kappa shape index (κ2) is 7.54. The van der Waals surface area contributed by atoms with Crippen molar-refractivity contribution in [3.05, 3.63) is 28.8 Å². The van der Waals surface area contributed by atoms with Gasteiger partial charge in [-0.25, -0.2) is 0 Å². The first kappa shape index (κ1) is 14.3. The summed E-state index contributed by atoms with van der Waals surface area (Å²) >= 11 is 5.93. The number of benzene rings is 1. The van der Waals surface area contributed by atoms with Gasteiger partial charge in [0.15, 0.2) is 0 Å². The van der Waals surface area contributed by atoms with Crippen molar-refractivity contribution in [1.82, 2.24) is 0 Å². The molecular weight excluding hydrogens is 238 g/mol. The van der Waals surface area contributed by atoms with Crippen molar-refractivity contribution >= 4 is 11.6 Å². The van der Waals surface area contributed by atoms with Gasteiger partial charge in [-0.15, -0.1) is 0 Å². The summed E-state index contributed by atoms with van der Waals surface area (Å²) < 4.78 is 5.61. The van der Waals surface area contributed by atoms with E-state index in [0.29, 0.717) is 13.2 Å². The summed E-state index contributed by atoms with van der Waals surface area (Å²) in [7, 11) is 0. The van der Waals surface area contributed by atoms with Gasteiger partial charge >= 0.3 is 0 Å². The van der Waals surface area contributed by atoms with Crippen LogP contribution in [-0.4, -0.2) is 24.9 Å². The van der Waals surface area contributed by atoms with Crippen LogP contribution in [0.4, 0.5) is 0 Å². The zero-order chi connectivity index (χ0) is 12.7. The van der Waals surface area contributed by atoms with Crippen LogP contribution < -0.4 is 10.5 Å². The van der Waals surface area contributed by atoms with Gasteiger partial charge in [0.2, 0.25) is 0 Å². The first-order chi connectivity index (χ1) is 8.17. The quantitative estimate of drug-likeness (QED) is 0.789. The number of hydrogen-bond acceptors (Lipinski definition) is 3. The van der Waals surface area contributed by atoms with E-state index in [1.807, 2.05) is 25.1 Å². The zero-order valence-electron chi connectivity index (χ0n) is 10.2. The fourth-order valence-electron chi connectivity index (χ4n) is 1.61. The molecule has 0 saturated carbocycles.